The molecule has 11 heteroatoms. The molecule has 1 aromatic carbocycles. The molecular formula is C21H32N6O4S. The Labute approximate surface area is 189 Å². The molecule has 2 aromatic rings. The number of aromatic nitrogens is 2. The maximum Gasteiger partial charge on any atom is 0.436 e. The van der Waals surface area contributed by atoms with Crippen molar-refractivity contribution in [3.8, 4) is 0 Å². The van der Waals surface area contributed by atoms with Crippen molar-refractivity contribution in [3.63, 3.8) is 0 Å². The first-order valence-electron chi connectivity index (χ1n) is 10.9. The van der Waals surface area contributed by atoms with Crippen LogP contribution in [0.4, 0.5) is 16.2 Å². The van der Waals surface area contributed by atoms with Gasteiger partial charge in [0.05, 0.1) is 17.9 Å². The Morgan fingerprint density at radius 3 is 2.28 bits per heavy atom. The predicted molar refractivity (Wildman–Crippen MR) is 124 cm³/mol. The van der Waals surface area contributed by atoms with Crippen LogP contribution in [0.15, 0.2) is 30.6 Å². The molecule has 1 aromatic heterocycles. The first kappa shape index (κ1) is 24.2. The highest BCUT2D eigenvalue weighted by Crippen LogP contribution is 2.25. The number of carbonyl (C=O) groups is 1. The predicted octanol–water partition coefficient (Wildman–Crippen LogP) is 1.31. The first-order chi connectivity index (χ1) is 15.1. The number of nitrogens with one attached hydrogen (secondary N) is 2. The van der Waals surface area contributed by atoms with Crippen molar-refractivity contribution in [3.05, 3.63) is 46.9 Å². The number of amides is 2. The van der Waals surface area contributed by atoms with Crippen molar-refractivity contribution in [2.24, 2.45) is 7.05 Å². The highest BCUT2D eigenvalue weighted by atomic mass is 32.2. The Morgan fingerprint density at radius 2 is 1.78 bits per heavy atom. The van der Waals surface area contributed by atoms with E-state index in [0.717, 1.165) is 28.3 Å². The van der Waals surface area contributed by atoms with Gasteiger partial charge in [-0.2, -0.15) is 18.0 Å². The van der Waals surface area contributed by atoms with Crippen molar-refractivity contribution < 1.29 is 17.7 Å². The molecule has 1 fully saturated rings. The number of aryl methyl sites for hydroxylation is 3. The van der Waals surface area contributed by atoms with Gasteiger partial charge < -0.3 is 10.1 Å². The van der Waals surface area contributed by atoms with Gasteiger partial charge in [0.25, 0.3) is 0 Å². The number of anilines is 2. The monoisotopic (exact) mass is 464 g/mol. The van der Waals surface area contributed by atoms with Crippen molar-refractivity contribution in [1.82, 2.24) is 14.7 Å². The summed E-state index contributed by atoms with van der Waals surface area (Å²) >= 11 is 0. The van der Waals surface area contributed by atoms with E-state index in [1.165, 1.54) is 10.9 Å². The summed E-state index contributed by atoms with van der Waals surface area (Å²) in [6.45, 7) is 5.37. The molecule has 32 heavy (non-hydrogen) atoms. The SMILES string of the molecule is CCc1cc(CC)cc(NC(=O)[NH+]([O-])S(=O)(=O)N(c2cnn(C)c2)C2CCN(C)CC2)c1. The first-order valence-corrected chi connectivity index (χ1v) is 12.3. The lowest BCUT2D eigenvalue weighted by atomic mass is 10.1. The highest BCUT2D eigenvalue weighted by molar-refractivity contribution is 7.86. The molecule has 2 heterocycles. The second kappa shape index (κ2) is 9.99. The van der Waals surface area contributed by atoms with E-state index in [1.54, 1.807) is 25.4 Å². The number of quaternary nitrogens is 1. The lowest BCUT2D eigenvalue weighted by Gasteiger charge is -2.37. The Balaban J connectivity index is 1.88. The summed E-state index contributed by atoms with van der Waals surface area (Å²) in [5.41, 5.74) is 2.70. The van der Waals surface area contributed by atoms with E-state index in [1.807, 2.05) is 27.0 Å². The van der Waals surface area contributed by atoms with Gasteiger partial charge in [0, 0.05) is 18.9 Å². The minimum Gasteiger partial charge on any atom is -0.608 e. The summed E-state index contributed by atoms with van der Waals surface area (Å²) in [6, 6.07) is 3.95. The number of benzene rings is 1. The lowest BCUT2D eigenvalue weighted by Crippen LogP contribution is -3.14. The molecule has 0 spiro atoms. The van der Waals surface area contributed by atoms with Crippen LogP contribution in [0.25, 0.3) is 0 Å². The molecule has 0 saturated carbocycles. The van der Waals surface area contributed by atoms with Crippen LogP contribution in [0.1, 0.15) is 37.8 Å². The summed E-state index contributed by atoms with van der Waals surface area (Å²) in [6.07, 6.45) is 5.57. The minimum absolute atomic E-state index is 0.282. The Morgan fingerprint density at radius 1 is 1.19 bits per heavy atom. The van der Waals surface area contributed by atoms with E-state index in [0.29, 0.717) is 31.6 Å². The van der Waals surface area contributed by atoms with E-state index < -0.39 is 26.8 Å². The van der Waals surface area contributed by atoms with Gasteiger partial charge in [0.15, 0.2) is 0 Å². The number of hydroxylamine groups is 1. The molecule has 2 amide bonds. The van der Waals surface area contributed by atoms with Gasteiger partial charge in [0.2, 0.25) is 0 Å². The van der Waals surface area contributed by atoms with Crippen molar-refractivity contribution in [2.75, 3.05) is 29.8 Å². The second-order valence-corrected chi connectivity index (χ2v) is 9.91. The topological polar surface area (TPSA) is 115 Å². The van der Waals surface area contributed by atoms with E-state index >= 15 is 0 Å². The average molecular weight is 465 g/mol. The zero-order valence-electron chi connectivity index (χ0n) is 19.0. The number of nitrogens with zero attached hydrogens (tertiary/aromatic N) is 4. The fourth-order valence-electron chi connectivity index (χ4n) is 3.93. The van der Waals surface area contributed by atoms with Crippen LogP contribution in [0.5, 0.6) is 0 Å². The maximum absolute atomic E-state index is 13.4. The molecule has 10 nitrogen and oxygen atoms in total. The standard InChI is InChI=1S/C21H32N6O4S/c1-5-16-11-17(6-2)13-18(12-16)23-21(28)27(29)32(30,31)26(20-14-22-25(4)15-20)19-7-9-24(3)10-8-19/h11-15,19,27H,5-10H2,1-4H3,(H,23,28). The number of hydrogen-bond acceptors (Lipinski definition) is 6. The zero-order valence-corrected chi connectivity index (χ0v) is 19.9. The highest BCUT2D eigenvalue weighted by Gasteiger charge is 2.40. The third-order valence-electron chi connectivity index (χ3n) is 5.77. The molecule has 176 valence electrons. The largest absolute Gasteiger partial charge is 0.608 e. The molecule has 0 radical (unpaired) electrons. The normalized spacial score (nSPS) is 16.7. The quantitative estimate of drug-likeness (QED) is 0.597. The fraction of sp³-hybridized carbons (Fsp3) is 0.524. The molecule has 1 aliphatic heterocycles. The fourth-order valence-corrected chi connectivity index (χ4v) is 5.37. The van der Waals surface area contributed by atoms with Gasteiger partial charge in [-0.1, -0.05) is 19.9 Å². The second-order valence-electron chi connectivity index (χ2n) is 8.19. The Hall–Kier alpha value is -2.47. The van der Waals surface area contributed by atoms with E-state index in [4.69, 9.17) is 0 Å². The molecular weight excluding hydrogens is 432 g/mol. The van der Waals surface area contributed by atoms with Crippen LogP contribution >= 0.6 is 0 Å². The maximum atomic E-state index is 13.4. The number of carbonyl (C=O) groups excluding carboxylic acids is 1. The van der Waals surface area contributed by atoms with Gasteiger partial charge in [-0.25, -0.2) is 9.10 Å². The van der Waals surface area contributed by atoms with Crippen LogP contribution < -0.4 is 14.1 Å². The van der Waals surface area contributed by atoms with E-state index in [9.17, 15) is 18.4 Å². The van der Waals surface area contributed by atoms with E-state index in [2.05, 4.69) is 15.3 Å². The molecule has 1 atom stereocenters. The molecule has 3 rings (SSSR count). The zero-order chi connectivity index (χ0) is 23.5. The summed E-state index contributed by atoms with van der Waals surface area (Å²) in [4.78, 5) is 14.8. The summed E-state index contributed by atoms with van der Waals surface area (Å²) in [5, 5.41) is 19.5. The van der Waals surface area contributed by atoms with Crippen LogP contribution in [0.3, 0.4) is 0 Å². The van der Waals surface area contributed by atoms with Crippen molar-refractivity contribution in [1.29, 1.82) is 0 Å². The number of piperidine rings is 1. The van der Waals surface area contributed by atoms with Gasteiger partial charge >= 0.3 is 16.2 Å². The minimum atomic E-state index is -4.60. The molecule has 1 unspecified atom stereocenters. The van der Waals surface area contributed by atoms with E-state index in [-0.39, 0.29) is 5.69 Å². The molecule has 0 bridgehead atoms. The molecule has 0 aliphatic carbocycles. The number of rotatable bonds is 7. The molecule has 1 saturated heterocycles. The van der Waals surface area contributed by atoms with Crippen molar-refractivity contribution >= 4 is 27.6 Å². The van der Waals surface area contributed by atoms with Gasteiger partial charge in [-0.05, 0) is 69.1 Å². The Kier molecular flexibility index (Phi) is 7.55. The van der Waals surface area contributed by atoms with Crippen LogP contribution in [-0.4, -0.2) is 55.3 Å². The van der Waals surface area contributed by atoms with Crippen LogP contribution in [0.2, 0.25) is 0 Å². The van der Waals surface area contributed by atoms with Crippen LogP contribution in [-0.2, 0) is 30.1 Å². The smallest absolute Gasteiger partial charge is 0.436 e. The van der Waals surface area contributed by atoms with Crippen molar-refractivity contribution in [2.45, 2.75) is 45.6 Å². The third-order valence-corrected chi connectivity index (χ3v) is 7.45. The number of urea groups is 1. The number of hydrogen-bond donors (Lipinski definition) is 2. The summed E-state index contributed by atoms with van der Waals surface area (Å²) < 4.78 is 27.8. The van der Waals surface area contributed by atoms with Crippen LogP contribution in [0, 0.1) is 5.21 Å². The number of likely N-dealkylation sites (tertiary alicyclic amines) is 1. The third kappa shape index (κ3) is 5.29. The average Bonchev–Trinajstić information content (AvgIpc) is 3.19. The molecule has 1 aliphatic rings. The summed E-state index contributed by atoms with van der Waals surface area (Å²) in [5.74, 6) is 0. The van der Waals surface area contributed by atoms with Gasteiger partial charge in [-0.15, -0.1) is 0 Å². The summed E-state index contributed by atoms with van der Waals surface area (Å²) in [7, 11) is -0.963. The Bertz CT molecular complexity index is 1020. The lowest BCUT2D eigenvalue weighted by molar-refractivity contribution is -0.604. The van der Waals surface area contributed by atoms with Gasteiger partial charge in [0.1, 0.15) is 0 Å². The van der Waals surface area contributed by atoms with Gasteiger partial charge in [-0.3, -0.25) is 10.00 Å². The molecule has 2 N–H and O–H groups in total.